The summed E-state index contributed by atoms with van der Waals surface area (Å²) in [5, 5.41) is 7.13. The van der Waals surface area contributed by atoms with Gasteiger partial charge in [0.2, 0.25) is 5.91 Å². The zero-order valence-corrected chi connectivity index (χ0v) is 12.0. The highest BCUT2D eigenvalue weighted by Gasteiger charge is 2.20. The van der Waals surface area contributed by atoms with E-state index in [9.17, 15) is 4.79 Å². The lowest BCUT2D eigenvalue weighted by molar-refractivity contribution is -0.122. The minimum atomic E-state index is 0.0825. The van der Waals surface area contributed by atoms with Gasteiger partial charge in [-0.15, -0.1) is 0 Å². The molecule has 1 saturated heterocycles. The molecule has 1 fully saturated rings. The first-order chi connectivity index (χ1) is 9.19. The van der Waals surface area contributed by atoms with Gasteiger partial charge in [-0.05, 0) is 49.5 Å². The minimum Gasteiger partial charge on any atom is -0.349 e. The van der Waals surface area contributed by atoms with Crippen molar-refractivity contribution in [3.8, 4) is 0 Å². The van der Waals surface area contributed by atoms with Crippen LogP contribution in [0.4, 0.5) is 0 Å². The zero-order valence-electron chi connectivity index (χ0n) is 11.3. The van der Waals surface area contributed by atoms with Crippen LogP contribution in [0.15, 0.2) is 24.3 Å². The first kappa shape index (κ1) is 14.4. The van der Waals surface area contributed by atoms with E-state index in [-0.39, 0.29) is 11.9 Å². The van der Waals surface area contributed by atoms with Gasteiger partial charge in [0.1, 0.15) is 0 Å². The van der Waals surface area contributed by atoms with E-state index in [0.29, 0.717) is 12.3 Å². The first-order valence-electron chi connectivity index (χ1n) is 6.94. The summed E-state index contributed by atoms with van der Waals surface area (Å²) < 4.78 is 0. The monoisotopic (exact) mass is 280 g/mol. The fraction of sp³-hybridized carbons (Fsp3) is 0.533. The van der Waals surface area contributed by atoms with Gasteiger partial charge in [0.05, 0.1) is 6.04 Å². The van der Waals surface area contributed by atoms with Crippen molar-refractivity contribution in [2.45, 2.75) is 32.2 Å². The summed E-state index contributed by atoms with van der Waals surface area (Å²) in [4.78, 5) is 12.0. The third-order valence-electron chi connectivity index (χ3n) is 3.65. The Bertz CT molecular complexity index is 413. The fourth-order valence-corrected chi connectivity index (χ4v) is 2.65. The molecule has 1 aromatic carbocycles. The molecular formula is C15H21ClN2O. The maximum Gasteiger partial charge on any atom is 0.220 e. The summed E-state index contributed by atoms with van der Waals surface area (Å²) in [6.45, 7) is 4.08. The maximum atomic E-state index is 12.0. The normalized spacial score (nSPS) is 20.2. The SMILES string of the molecule is CCC(NC(=O)CC1CCNC1)c1ccc(Cl)cc1. The highest BCUT2D eigenvalue weighted by atomic mass is 35.5. The van der Waals surface area contributed by atoms with Crippen LogP contribution in [0.5, 0.6) is 0 Å². The smallest absolute Gasteiger partial charge is 0.220 e. The highest BCUT2D eigenvalue weighted by Crippen LogP contribution is 2.20. The van der Waals surface area contributed by atoms with Crippen molar-refractivity contribution >= 4 is 17.5 Å². The van der Waals surface area contributed by atoms with Crippen molar-refractivity contribution in [1.29, 1.82) is 0 Å². The largest absolute Gasteiger partial charge is 0.349 e. The van der Waals surface area contributed by atoms with Crippen LogP contribution in [-0.4, -0.2) is 19.0 Å². The second-order valence-corrected chi connectivity index (χ2v) is 5.58. The van der Waals surface area contributed by atoms with Crippen LogP contribution in [-0.2, 0) is 4.79 Å². The molecule has 104 valence electrons. The predicted molar refractivity (Wildman–Crippen MR) is 78.2 cm³/mol. The van der Waals surface area contributed by atoms with Crippen molar-refractivity contribution in [2.75, 3.05) is 13.1 Å². The molecule has 0 radical (unpaired) electrons. The molecule has 2 atom stereocenters. The molecule has 2 N–H and O–H groups in total. The standard InChI is InChI=1S/C15H21ClN2O/c1-2-14(12-3-5-13(16)6-4-12)18-15(19)9-11-7-8-17-10-11/h3-6,11,14,17H,2,7-10H2,1H3,(H,18,19). The molecular weight excluding hydrogens is 260 g/mol. The van der Waals surface area contributed by atoms with Gasteiger partial charge < -0.3 is 10.6 Å². The third-order valence-corrected chi connectivity index (χ3v) is 3.90. The van der Waals surface area contributed by atoms with E-state index in [4.69, 9.17) is 11.6 Å². The number of amides is 1. The topological polar surface area (TPSA) is 41.1 Å². The molecule has 1 aliphatic heterocycles. The van der Waals surface area contributed by atoms with E-state index in [1.807, 2.05) is 24.3 Å². The number of carbonyl (C=O) groups excluding carboxylic acids is 1. The molecule has 1 amide bonds. The quantitative estimate of drug-likeness (QED) is 0.871. The van der Waals surface area contributed by atoms with Crippen LogP contribution >= 0.6 is 11.6 Å². The number of nitrogens with one attached hydrogen (secondary N) is 2. The Morgan fingerprint density at radius 2 is 2.21 bits per heavy atom. The molecule has 0 bridgehead atoms. The average molecular weight is 281 g/mol. The van der Waals surface area contributed by atoms with Crippen LogP contribution in [0.1, 0.15) is 37.8 Å². The number of benzene rings is 1. The lowest BCUT2D eigenvalue weighted by atomic mass is 10.0. The number of hydrogen-bond acceptors (Lipinski definition) is 2. The van der Waals surface area contributed by atoms with Crippen molar-refractivity contribution in [1.82, 2.24) is 10.6 Å². The molecule has 0 aromatic heterocycles. The fourth-order valence-electron chi connectivity index (χ4n) is 2.52. The molecule has 19 heavy (non-hydrogen) atoms. The van der Waals surface area contributed by atoms with Crippen molar-refractivity contribution in [3.63, 3.8) is 0 Å². The third kappa shape index (κ3) is 4.22. The average Bonchev–Trinajstić information content (AvgIpc) is 2.90. The lowest BCUT2D eigenvalue weighted by Crippen LogP contribution is -2.30. The molecule has 1 heterocycles. The van der Waals surface area contributed by atoms with E-state index in [1.165, 1.54) is 0 Å². The predicted octanol–water partition coefficient (Wildman–Crippen LogP) is 2.91. The van der Waals surface area contributed by atoms with E-state index in [0.717, 1.165) is 36.5 Å². The van der Waals surface area contributed by atoms with Crippen LogP contribution in [0, 0.1) is 5.92 Å². The number of rotatable bonds is 5. The van der Waals surface area contributed by atoms with E-state index < -0.39 is 0 Å². The molecule has 3 nitrogen and oxygen atoms in total. The van der Waals surface area contributed by atoms with E-state index >= 15 is 0 Å². The summed E-state index contributed by atoms with van der Waals surface area (Å²) in [6, 6.07) is 7.78. The second-order valence-electron chi connectivity index (χ2n) is 5.14. The summed E-state index contributed by atoms with van der Waals surface area (Å²) >= 11 is 5.88. The van der Waals surface area contributed by atoms with Crippen molar-refractivity contribution in [2.24, 2.45) is 5.92 Å². The minimum absolute atomic E-state index is 0.0825. The van der Waals surface area contributed by atoms with E-state index in [2.05, 4.69) is 17.6 Å². The molecule has 0 spiro atoms. The van der Waals surface area contributed by atoms with Gasteiger partial charge in [0.25, 0.3) is 0 Å². The Hall–Kier alpha value is -1.06. The van der Waals surface area contributed by atoms with Crippen LogP contribution in [0.2, 0.25) is 5.02 Å². The lowest BCUT2D eigenvalue weighted by Gasteiger charge is -2.18. The summed E-state index contributed by atoms with van der Waals surface area (Å²) in [6.07, 6.45) is 2.61. The van der Waals surface area contributed by atoms with Gasteiger partial charge in [-0.2, -0.15) is 0 Å². The Morgan fingerprint density at radius 1 is 1.47 bits per heavy atom. The van der Waals surface area contributed by atoms with Crippen molar-refractivity contribution < 1.29 is 4.79 Å². The summed E-state index contributed by atoms with van der Waals surface area (Å²) in [5.41, 5.74) is 1.12. The molecule has 4 heteroatoms. The summed E-state index contributed by atoms with van der Waals surface area (Å²) in [7, 11) is 0. The molecule has 2 rings (SSSR count). The van der Waals surface area contributed by atoms with Gasteiger partial charge in [0, 0.05) is 11.4 Å². The van der Waals surface area contributed by atoms with Crippen LogP contribution in [0.3, 0.4) is 0 Å². The van der Waals surface area contributed by atoms with Gasteiger partial charge >= 0.3 is 0 Å². The Kier molecular flexibility index (Phi) is 5.23. The molecule has 0 aliphatic carbocycles. The van der Waals surface area contributed by atoms with Gasteiger partial charge in [0.15, 0.2) is 0 Å². The van der Waals surface area contributed by atoms with Crippen LogP contribution in [0.25, 0.3) is 0 Å². The Labute approximate surface area is 119 Å². The second kappa shape index (κ2) is 6.92. The number of hydrogen-bond donors (Lipinski definition) is 2. The zero-order chi connectivity index (χ0) is 13.7. The van der Waals surface area contributed by atoms with Crippen LogP contribution < -0.4 is 10.6 Å². The maximum absolute atomic E-state index is 12.0. The number of carbonyl (C=O) groups is 1. The Balaban J connectivity index is 1.90. The Morgan fingerprint density at radius 3 is 2.79 bits per heavy atom. The first-order valence-corrected chi connectivity index (χ1v) is 7.32. The molecule has 2 unspecified atom stereocenters. The van der Waals surface area contributed by atoms with Gasteiger partial charge in [-0.1, -0.05) is 30.7 Å². The van der Waals surface area contributed by atoms with Gasteiger partial charge in [-0.25, -0.2) is 0 Å². The van der Waals surface area contributed by atoms with Crippen molar-refractivity contribution in [3.05, 3.63) is 34.9 Å². The highest BCUT2D eigenvalue weighted by molar-refractivity contribution is 6.30. The molecule has 0 saturated carbocycles. The summed E-state index contributed by atoms with van der Waals surface area (Å²) in [5.74, 6) is 0.637. The number of halogens is 1. The molecule has 1 aliphatic rings. The van der Waals surface area contributed by atoms with Gasteiger partial charge in [-0.3, -0.25) is 4.79 Å². The molecule has 1 aromatic rings. The van der Waals surface area contributed by atoms with E-state index in [1.54, 1.807) is 0 Å².